The first-order valence-electron chi connectivity index (χ1n) is 9.66. The summed E-state index contributed by atoms with van der Waals surface area (Å²) < 4.78 is 3.73. The van der Waals surface area contributed by atoms with Gasteiger partial charge in [-0.15, -0.1) is 0 Å². The van der Waals surface area contributed by atoms with Crippen LogP contribution in [0.15, 0.2) is 67.4 Å². The topological polar surface area (TPSA) is 72.1 Å². The highest BCUT2D eigenvalue weighted by molar-refractivity contribution is 5.83. The number of nitrogens with zero attached hydrogens (tertiary/aromatic N) is 7. The number of rotatable bonds is 4. The number of anilines is 1. The van der Waals surface area contributed by atoms with Gasteiger partial charge in [-0.3, -0.25) is 4.79 Å². The summed E-state index contributed by atoms with van der Waals surface area (Å²) in [5.74, 6) is 1.73. The van der Waals surface area contributed by atoms with E-state index in [4.69, 9.17) is 0 Å². The van der Waals surface area contributed by atoms with Crippen molar-refractivity contribution in [2.75, 3.05) is 31.1 Å². The highest BCUT2D eigenvalue weighted by Gasteiger charge is 2.22. The predicted octanol–water partition coefficient (Wildman–Crippen LogP) is 1.97. The van der Waals surface area contributed by atoms with E-state index >= 15 is 0 Å². The fourth-order valence-electron chi connectivity index (χ4n) is 3.75. The van der Waals surface area contributed by atoms with Crippen molar-refractivity contribution < 1.29 is 4.79 Å². The smallest absolute Gasteiger partial charge is 0.242 e. The molecule has 0 bridgehead atoms. The maximum atomic E-state index is 12.8. The van der Waals surface area contributed by atoms with Gasteiger partial charge in [-0.2, -0.15) is 5.10 Å². The zero-order valence-corrected chi connectivity index (χ0v) is 15.9. The van der Waals surface area contributed by atoms with Crippen LogP contribution in [0.4, 0.5) is 5.82 Å². The average molecular weight is 387 g/mol. The van der Waals surface area contributed by atoms with Gasteiger partial charge >= 0.3 is 0 Å². The molecule has 0 saturated carbocycles. The molecule has 0 unspecified atom stereocenters. The van der Waals surface area contributed by atoms with Gasteiger partial charge in [0.05, 0.1) is 0 Å². The Bertz CT molecular complexity index is 1130. The first-order chi connectivity index (χ1) is 14.3. The van der Waals surface area contributed by atoms with Gasteiger partial charge in [-0.25, -0.2) is 14.6 Å². The van der Waals surface area contributed by atoms with Gasteiger partial charge in [0.2, 0.25) is 5.91 Å². The lowest BCUT2D eigenvalue weighted by Gasteiger charge is -2.35. The number of fused-ring (bicyclic) bond motifs is 1. The van der Waals surface area contributed by atoms with Gasteiger partial charge in [0.25, 0.3) is 0 Å². The van der Waals surface area contributed by atoms with Crippen LogP contribution in [0.2, 0.25) is 0 Å². The van der Waals surface area contributed by atoms with Crippen LogP contribution in [0.3, 0.4) is 0 Å². The molecule has 1 amide bonds. The molecule has 1 fully saturated rings. The lowest BCUT2D eigenvalue weighted by molar-refractivity contribution is -0.132. The van der Waals surface area contributed by atoms with Gasteiger partial charge in [0, 0.05) is 56.4 Å². The van der Waals surface area contributed by atoms with E-state index in [1.807, 2.05) is 58.3 Å². The van der Waals surface area contributed by atoms with Crippen molar-refractivity contribution in [2.24, 2.45) is 0 Å². The van der Waals surface area contributed by atoms with E-state index in [0.717, 1.165) is 35.6 Å². The van der Waals surface area contributed by atoms with Crippen LogP contribution >= 0.6 is 0 Å². The Morgan fingerprint density at radius 3 is 2.59 bits per heavy atom. The van der Waals surface area contributed by atoms with Crippen LogP contribution in [-0.4, -0.2) is 61.3 Å². The molecule has 0 aliphatic carbocycles. The molecular formula is C21H21N7O. The van der Waals surface area contributed by atoms with Crippen LogP contribution in [-0.2, 0) is 11.3 Å². The Balaban J connectivity index is 1.23. The van der Waals surface area contributed by atoms with Crippen LogP contribution in [0.1, 0.15) is 0 Å². The molecule has 0 atom stereocenters. The van der Waals surface area contributed by atoms with Gasteiger partial charge in [-0.05, 0) is 23.6 Å². The number of amides is 1. The maximum Gasteiger partial charge on any atom is 0.242 e. The summed E-state index contributed by atoms with van der Waals surface area (Å²) in [5, 5.41) is 5.37. The molecule has 1 aliphatic heterocycles. The summed E-state index contributed by atoms with van der Waals surface area (Å²) in [6.07, 6.45) is 7.12. The summed E-state index contributed by atoms with van der Waals surface area (Å²) in [6.45, 7) is 3.21. The summed E-state index contributed by atoms with van der Waals surface area (Å²) in [7, 11) is 0. The second-order valence-electron chi connectivity index (χ2n) is 7.06. The largest absolute Gasteiger partial charge is 0.353 e. The van der Waals surface area contributed by atoms with Crippen molar-refractivity contribution in [1.82, 2.24) is 29.2 Å². The Morgan fingerprint density at radius 1 is 0.931 bits per heavy atom. The Morgan fingerprint density at radius 2 is 1.76 bits per heavy atom. The van der Waals surface area contributed by atoms with Crippen molar-refractivity contribution in [2.45, 2.75) is 6.54 Å². The van der Waals surface area contributed by atoms with Crippen molar-refractivity contribution >= 4 is 22.6 Å². The number of piperazine rings is 1. The number of hydrogen-bond acceptors (Lipinski definition) is 5. The Kier molecular flexibility index (Phi) is 4.44. The number of aromatic nitrogens is 5. The number of benzene rings is 1. The molecule has 8 heteroatoms. The van der Waals surface area contributed by atoms with Crippen LogP contribution < -0.4 is 4.90 Å². The molecule has 1 aromatic carbocycles. The second kappa shape index (κ2) is 7.38. The normalized spacial score (nSPS) is 14.5. The first-order valence-corrected chi connectivity index (χ1v) is 9.66. The fourth-order valence-corrected chi connectivity index (χ4v) is 3.75. The Labute approximate surface area is 168 Å². The lowest BCUT2D eigenvalue weighted by atomic mass is 10.2. The van der Waals surface area contributed by atoms with Crippen molar-refractivity contribution in [3.05, 3.63) is 67.4 Å². The molecule has 29 heavy (non-hydrogen) atoms. The lowest BCUT2D eigenvalue weighted by Crippen LogP contribution is -2.49. The average Bonchev–Trinajstić information content (AvgIpc) is 3.45. The van der Waals surface area contributed by atoms with Crippen LogP contribution in [0.25, 0.3) is 16.7 Å². The monoisotopic (exact) mass is 387 g/mol. The van der Waals surface area contributed by atoms with Gasteiger partial charge < -0.3 is 14.4 Å². The van der Waals surface area contributed by atoms with Crippen molar-refractivity contribution in [3.8, 4) is 5.82 Å². The van der Waals surface area contributed by atoms with E-state index in [-0.39, 0.29) is 5.91 Å². The van der Waals surface area contributed by atoms with E-state index < -0.39 is 0 Å². The SMILES string of the molecule is O=C(Cn1ccc2ccccc21)N1CCN(c2cc(-n3cccn3)ncn2)CC1. The van der Waals surface area contributed by atoms with E-state index in [2.05, 4.69) is 26.0 Å². The van der Waals surface area contributed by atoms with Crippen molar-refractivity contribution in [1.29, 1.82) is 0 Å². The summed E-state index contributed by atoms with van der Waals surface area (Å²) in [6, 6.07) is 14.0. The minimum atomic E-state index is 0.144. The minimum absolute atomic E-state index is 0.144. The second-order valence-corrected chi connectivity index (χ2v) is 7.06. The zero-order valence-electron chi connectivity index (χ0n) is 15.9. The Hall–Kier alpha value is -3.68. The van der Waals surface area contributed by atoms with E-state index in [0.29, 0.717) is 19.6 Å². The van der Waals surface area contributed by atoms with E-state index in [9.17, 15) is 4.79 Å². The maximum absolute atomic E-state index is 12.8. The fraction of sp³-hybridized carbons (Fsp3) is 0.238. The summed E-state index contributed by atoms with van der Waals surface area (Å²) in [5.41, 5.74) is 1.09. The quantitative estimate of drug-likeness (QED) is 0.535. The molecule has 1 saturated heterocycles. The van der Waals surface area contributed by atoms with Crippen LogP contribution in [0.5, 0.6) is 0 Å². The summed E-state index contributed by atoms with van der Waals surface area (Å²) in [4.78, 5) is 25.6. The number of hydrogen-bond donors (Lipinski definition) is 0. The van der Waals surface area contributed by atoms with Crippen LogP contribution in [0, 0.1) is 0 Å². The molecule has 146 valence electrons. The molecule has 4 heterocycles. The number of carbonyl (C=O) groups is 1. The highest BCUT2D eigenvalue weighted by atomic mass is 16.2. The molecule has 5 rings (SSSR count). The molecule has 0 N–H and O–H groups in total. The molecule has 3 aromatic heterocycles. The van der Waals surface area contributed by atoms with Gasteiger partial charge in [0.1, 0.15) is 18.7 Å². The standard InChI is InChI=1S/C21H21N7O/c29-21(15-27-9-6-17-4-1-2-5-18(17)27)26-12-10-25(11-13-26)19-14-20(23-16-22-19)28-8-3-7-24-28/h1-9,14,16H,10-13,15H2. The zero-order chi connectivity index (χ0) is 19.6. The predicted molar refractivity (Wildman–Crippen MR) is 110 cm³/mol. The van der Waals surface area contributed by atoms with Gasteiger partial charge in [0.15, 0.2) is 5.82 Å². The third-order valence-electron chi connectivity index (χ3n) is 5.32. The minimum Gasteiger partial charge on any atom is -0.353 e. The number of para-hydroxylation sites is 1. The van der Waals surface area contributed by atoms with E-state index in [1.165, 1.54) is 0 Å². The molecular weight excluding hydrogens is 366 g/mol. The molecule has 0 spiro atoms. The highest BCUT2D eigenvalue weighted by Crippen LogP contribution is 2.18. The number of carbonyl (C=O) groups excluding carboxylic acids is 1. The van der Waals surface area contributed by atoms with Gasteiger partial charge in [-0.1, -0.05) is 18.2 Å². The summed E-state index contributed by atoms with van der Waals surface area (Å²) >= 11 is 0. The molecule has 8 nitrogen and oxygen atoms in total. The third kappa shape index (κ3) is 3.44. The molecule has 4 aromatic rings. The first kappa shape index (κ1) is 17.4. The third-order valence-corrected chi connectivity index (χ3v) is 5.32. The molecule has 1 aliphatic rings. The molecule has 0 radical (unpaired) electrons. The van der Waals surface area contributed by atoms with E-state index in [1.54, 1.807) is 17.2 Å². The van der Waals surface area contributed by atoms with Crippen molar-refractivity contribution in [3.63, 3.8) is 0 Å².